The Balaban J connectivity index is 1.84. The van der Waals surface area contributed by atoms with Crippen LogP contribution in [0.1, 0.15) is 26.2 Å². The average molecular weight is 169 g/mol. The molecule has 0 heterocycles. The molecule has 0 aromatic carbocycles. The van der Waals surface area contributed by atoms with Crippen LogP contribution in [0.25, 0.3) is 0 Å². The van der Waals surface area contributed by atoms with Gasteiger partial charge in [-0.05, 0) is 31.6 Å². The van der Waals surface area contributed by atoms with Crippen LogP contribution >= 0.6 is 0 Å². The van der Waals surface area contributed by atoms with E-state index in [1.165, 1.54) is 0 Å². The molecule has 0 aromatic heterocycles. The molecule has 12 heavy (non-hydrogen) atoms. The monoisotopic (exact) mass is 169 g/mol. The largest absolute Gasteiger partial charge is 0.466 e. The van der Waals surface area contributed by atoms with Crippen molar-refractivity contribution in [2.45, 2.75) is 32.2 Å². The number of rotatable bonds is 2. The molecule has 1 unspecified atom stereocenters. The zero-order valence-corrected chi connectivity index (χ0v) is 7.38. The molecule has 0 aromatic rings. The van der Waals surface area contributed by atoms with E-state index in [-0.39, 0.29) is 17.3 Å². The molecule has 1 spiro atoms. The predicted molar refractivity (Wildman–Crippen MR) is 44.4 cm³/mol. The molecular weight excluding hydrogens is 154 g/mol. The lowest BCUT2D eigenvalue weighted by molar-refractivity contribution is -0.146. The maximum atomic E-state index is 11.3. The van der Waals surface area contributed by atoms with Crippen LogP contribution in [0, 0.1) is 11.3 Å². The summed E-state index contributed by atoms with van der Waals surface area (Å²) < 4.78 is 4.95. The minimum atomic E-state index is -0.00981. The molecule has 0 amide bonds. The Hall–Kier alpha value is -0.570. The third kappa shape index (κ3) is 1.04. The lowest BCUT2D eigenvalue weighted by Gasteiger charge is -2.33. The van der Waals surface area contributed by atoms with Gasteiger partial charge in [0.05, 0.1) is 12.5 Å². The summed E-state index contributed by atoms with van der Waals surface area (Å²) in [7, 11) is 0. The second-order valence-corrected chi connectivity index (χ2v) is 4.04. The molecule has 2 fully saturated rings. The molecule has 2 aliphatic carbocycles. The van der Waals surface area contributed by atoms with Gasteiger partial charge in [0.2, 0.25) is 0 Å². The summed E-state index contributed by atoms with van der Waals surface area (Å²) in [5.41, 5.74) is 5.96. The van der Waals surface area contributed by atoms with Gasteiger partial charge >= 0.3 is 5.97 Å². The lowest BCUT2D eigenvalue weighted by Crippen LogP contribution is -2.39. The van der Waals surface area contributed by atoms with Crippen LogP contribution in [0.4, 0.5) is 0 Å². The highest BCUT2D eigenvalue weighted by Gasteiger charge is 2.64. The quantitative estimate of drug-likeness (QED) is 0.618. The molecule has 3 nitrogen and oxygen atoms in total. The standard InChI is InChI=1S/C9H15NO2/c1-2-12-8(11)7-5-9(7)3-6(10)4-9/h6-7H,2-5,10H2,1H3. The molecule has 0 aliphatic heterocycles. The zero-order chi connectivity index (χ0) is 8.77. The molecule has 3 heteroatoms. The normalized spacial score (nSPS) is 43.8. The third-order valence-corrected chi connectivity index (χ3v) is 3.10. The maximum absolute atomic E-state index is 11.3. The molecular formula is C9H15NO2. The fraction of sp³-hybridized carbons (Fsp3) is 0.889. The van der Waals surface area contributed by atoms with Gasteiger partial charge in [0.25, 0.3) is 0 Å². The third-order valence-electron chi connectivity index (χ3n) is 3.10. The molecule has 68 valence electrons. The van der Waals surface area contributed by atoms with E-state index in [9.17, 15) is 4.79 Å². The van der Waals surface area contributed by atoms with Crippen molar-refractivity contribution in [1.29, 1.82) is 0 Å². The van der Waals surface area contributed by atoms with E-state index in [4.69, 9.17) is 10.5 Å². The molecule has 1 atom stereocenters. The Kier molecular flexibility index (Phi) is 1.65. The van der Waals surface area contributed by atoms with Crippen molar-refractivity contribution in [2.24, 2.45) is 17.1 Å². The smallest absolute Gasteiger partial charge is 0.309 e. The molecule has 2 aliphatic rings. The van der Waals surface area contributed by atoms with Crippen molar-refractivity contribution < 1.29 is 9.53 Å². The summed E-state index contributed by atoms with van der Waals surface area (Å²) >= 11 is 0. The summed E-state index contributed by atoms with van der Waals surface area (Å²) in [4.78, 5) is 11.3. The van der Waals surface area contributed by atoms with E-state index in [0.29, 0.717) is 12.6 Å². The summed E-state index contributed by atoms with van der Waals surface area (Å²) in [5, 5.41) is 0. The van der Waals surface area contributed by atoms with Gasteiger partial charge in [0.15, 0.2) is 0 Å². The number of hydrogen-bond donors (Lipinski definition) is 1. The van der Waals surface area contributed by atoms with Crippen LogP contribution in [0.15, 0.2) is 0 Å². The fourth-order valence-corrected chi connectivity index (χ4v) is 2.36. The molecule has 2 N–H and O–H groups in total. The SMILES string of the molecule is CCOC(=O)C1CC12CC(N)C2. The van der Waals surface area contributed by atoms with Crippen molar-refractivity contribution in [3.05, 3.63) is 0 Å². The van der Waals surface area contributed by atoms with Crippen LogP contribution in [0.3, 0.4) is 0 Å². The van der Waals surface area contributed by atoms with E-state index < -0.39 is 0 Å². The molecule has 0 bridgehead atoms. The number of nitrogens with two attached hydrogens (primary N) is 1. The Bertz CT molecular complexity index is 209. The van der Waals surface area contributed by atoms with Crippen molar-refractivity contribution in [2.75, 3.05) is 6.61 Å². The van der Waals surface area contributed by atoms with Gasteiger partial charge < -0.3 is 10.5 Å². The first-order valence-corrected chi connectivity index (χ1v) is 4.60. The van der Waals surface area contributed by atoms with Gasteiger partial charge in [-0.2, -0.15) is 0 Å². The number of ether oxygens (including phenoxy) is 1. The summed E-state index contributed by atoms with van der Waals surface area (Å²) in [6, 6.07) is 0.337. The second-order valence-electron chi connectivity index (χ2n) is 4.04. The second kappa shape index (κ2) is 2.46. The Morgan fingerprint density at radius 2 is 2.25 bits per heavy atom. The first kappa shape index (κ1) is 8.05. The first-order valence-electron chi connectivity index (χ1n) is 4.60. The fourth-order valence-electron chi connectivity index (χ4n) is 2.36. The van der Waals surface area contributed by atoms with Gasteiger partial charge in [-0.3, -0.25) is 4.79 Å². The van der Waals surface area contributed by atoms with E-state index in [1.807, 2.05) is 6.92 Å². The van der Waals surface area contributed by atoms with Crippen LogP contribution < -0.4 is 5.73 Å². The maximum Gasteiger partial charge on any atom is 0.309 e. The van der Waals surface area contributed by atoms with Gasteiger partial charge in [-0.25, -0.2) is 0 Å². The highest BCUT2D eigenvalue weighted by Crippen LogP contribution is 2.65. The Morgan fingerprint density at radius 3 is 2.75 bits per heavy atom. The average Bonchev–Trinajstić information content (AvgIpc) is 2.63. The van der Waals surface area contributed by atoms with Gasteiger partial charge in [0.1, 0.15) is 0 Å². The van der Waals surface area contributed by atoms with E-state index in [2.05, 4.69) is 0 Å². The van der Waals surface area contributed by atoms with Crippen LogP contribution in [0.5, 0.6) is 0 Å². The topological polar surface area (TPSA) is 52.3 Å². The highest BCUT2D eigenvalue weighted by molar-refractivity contribution is 5.77. The molecule has 2 saturated carbocycles. The van der Waals surface area contributed by atoms with Crippen molar-refractivity contribution in [3.63, 3.8) is 0 Å². The van der Waals surface area contributed by atoms with Crippen molar-refractivity contribution >= 4 is 5.97 Å². The van der Waals surface area contributed by atoms with E-state index in [0.717, 1.165) is 19.3 Å². The minimum Gasteiger partial charge on any atom is -0.466 e. The summed E-state index contributed by atoms with van der Waals surface area (Å²) in [6.07, 6.45) is 3.06. The van der Waals surface area contributed by atoms with Gasteiger partial charge in [-0.15, -0.1) is 0 Å². The molecule has 0 saturated heterocycles. The van der Waals surface area contributed by atoms with Crippen LogP contribution in [0.2, 0.25) is 0 Å². The summed E-state index contributed by atoms with van der Waals surface area (Å²) in [5.74, 6) is 0.168. The van der Waals surface area contributed by atoms with Crippen molar-refractivity contribution in [3.8, 4) is 0 Å². The molecule has 0 radical (unpaired) electrons. The van der Waals surface area contributed by atoms with E-state index in [1.54, 1.807) is 0 Å². The number of esters is 1. The zero-order valence-electron chi connectivity index (χ0n) is 7.38. The number of hydrogen-bond acceptors (Lipinski definition) is 3. The van der Waals surface area contributed by atoms with Crippen LogP contribution in [-0.4, -0.2) is 18.6 Å². The number of carbonyl (C=O) groups is 1. The number of carbonyl (C=O) groups excluding carboxylic acids is 1. The molecule has 2 rings (SSSR count). The first-order chi connectivity index (χ1) is 5.68. The Morgan fingerprint density at radius 1 is 1.58 bits per heavy atom. The minimum absolute atomic E-state index is 0.00981. The summed E-state index contributed by atoms with van der Waals surface area (Å²) in [6.45, 7) is 2.34. The predicted octanol–water partition coefficient (Wildman–Crippen LogP) is 0.677. The van der Waals surface area contributed by atoms with Gasteiger partial charge in [0, 0.05) is 6.04 Å². The Labute approximate surface area is 72.3 Å². The van der Waals surface area contributed by atoms with Crippen LogP contribution in [-0.2, 0) is 9.53 Å². The van der Waals surface area contributed by atoms with E-state index >= 15 is 0 Å². The highest BCUT2D eigenvalue weighted by atomic mass is 16.5. The van der Waals surface area contributed by atoms with Crippen molar-refractivity contribution in [1.82, 2.24) is 0 Å². The lowest BCUT2D eigenvalue weighted by atomic mass is 9.76. The van der Waals surface area contributed by atoms with Gasteiger partial charge in [-0.1, -0.05) is 0 Å².